The molecule has 2 fully saturated rings. The van der Waals surface area contributed by atoms with E-state index in [9.17, 15) is 19.2 Å². The van der Waals surface area contributed by atoms with Crippen LogP contribution in [0.2, 0.25) is 0 Å². The van der Waals surface area contributed by atoms with Crippen LogP contribution in [-0.4, -0.2) is 53.5 Å². The number of hydrogen-bond donors (Lipinski definition) is 0. The minimum Gasteiger partial charge on any atom is -0.467 e. The largest absolute Gasteiger partial charge is 0.467 e. The first-order valence-electron chi connectivity index (χ1n) is 8.97. The number of nitrogens with zero attached hydrogens (tertiary/aromatic N) is 1. The molecule has 4 atom stereocenters. The molecule has 0 N–H and O–H groups in total. The fourth-order valence-electron chi connectivity index (χ4n) is 4.33. The summed E-state index contributed by atoms with van der Waals surface area (Å²) in [6.45, 7) is 0.0235. The van der Waals surface area contributed by atoms with Gasteiger partial charge in [0.25, 0.3) is 0 Å². The molecule has 0 aromatic heterocycles. The molecule has 2 saturated heterocycles. The molecule has 1 spiro atoms. The third-order valence-electron chi connectivity index (χ3n) is 5.59. The Labute approximate surface area is 161 Å². The Morgan fingerprint density at radius 1 is 1.25 bits per heavy atom. The van der Waals surface area contributed by atoms with Crippen LogP contribution < -0.4 is 0 Å². The number of carbonyl (C=O) groups is 4. The molecule has 4 rings (SSSR count). The first-order chi connectivity index (χ1) is 13.5. The van der Waals surface area contributed by atoms with E-state index in [2.05, 4.69) is 0 Å². The van der Waals surface area contributed by atoms with Crippen molar-refractivity contribution in [1.29, 1.82) is 0 Å². The van der Waals surface area contributed by atoms with Crippen LogP contribution in [0, 0.1) is 5.92 Å². The molecule has 2 heterocycles. The third-order valence-corrected chi connectivity index (χ3v) is 5.59. The topological polar surface area (TPSA) is 99.2 Å². The molecular weight excluding hydrogens is 366 g/mol. The van der Waals surface area contributed by atoms with Gasteiger partial charge in [-0.3, -0.25) is 14.5 Å². The SMILES string of the molecule is COC(=O)[C@@H]1C[C@@]23OC(=O)C[C@@H]2C(=O)C=C[C@H]3N1C(=O)OCc1ccccc1. The lowest BCUT2D eigenvalue weighted by Gasteiger charge is -2.36. The number of carbonyl (C=O) groups excluding carboxylic acids is 4. The van der Waals surface area contributed by atoms with Gasteiger partial charge in [0.05, 0.1) is 25.5 Å². The zero-order valence-corrected chi connectivity index (χ0v) is 15.2. The molecule has 8 heteroatoms. The van der Waals surface area contributed by atoms with Crippen molar-refractivity contribution in [2.75, 3.05) is 7.11 Å². The fraction of sp³-hybridized carbons (Fsp3) is 0.400. The van der Waals surface area contributed by atoms with E-state index in [-0.39, 0.29) is 25.2 Å². The van der Waals surface area contributed by atoms with Gasteiger partial charge < -0.3 is 14.2 Å². The molecule has 1 amide bonds. The maximum atomic E-state index is 12.9. The smallest absolute Gasteiger partial charge is 0.411 e. The highest BCUT2D eigenvalue weighted by Crippen LogP contribution is 2.50. The van der Waals surface area contributed by atoms with Crippen molar-refractivity contribution in [2.45, 2.75) is 37.1 Å². The Morgan fingerprint density at radius 3 is 2.71 bits per heavy atom. The van der Waals surface area contributed by atoms with Crippen LogP contribution >= 0.6 is 0 Å². The number of ether oxygens (including phenoxy) is 3. The number of likely N-dealkylation sites (tertiary alicyclic amines) is 1. The van der Waals surface area contributed by atoms with Gasteiger partial charge in [0, 0.05) is 6.42 Å². The highest BCUT2D eigenvalue weighted by Gasteiger charge is 2.67. The quantitative estimate of drug-likeness (QED) is 0.572. The van der Waals surface area contributed by atoms with Crippen molar-refractivity contribution in [3.8, 4) is 0 Å². The van der Waals surface area contributed by atoms with Crippen molar-refractivity contribution in [3.05, 3.63) is 48.0 Å². The Hall–Kier alpha value is -3.16. The van der Waals surface area contributed by atoms with E-state index in [1.165, 1.54) is 24.2 Å². The molecular formula is C20H19NO7. The van der Waals surface area contributed by atoms with Gasteiger partial charge in [-0.15, -0.1) is 0 Å². The monoisotopic (exact) mass is 385 g/mol. The van der Waals surface area contributed by atoms with Crippen LogP contribution in [0.25, 0.3) is 0 Å². The molecule has 0 unspecified atom stereocenters. The van der Waals surface area contributed by atoms with Crippen LogP contribution in [0.3, 0.4) is 0 Å². The molecule has 1 aromatic rings. The predicted molar refractivity (Wildman–Crippen MR) is 93.8 cm³/mol. The summed E-state index contributed by atoms with van der Waals surface area (Å²) in [4.78, 5) is 50.8. The number of benzene rings is 1. The lowest BCUT2D eigenvalue weighted by Crippen LogP contribution is -2.53. The Bertz CT molecular complexity index is 865. The Kier molecular flexibility index (Phi) is 4.41. The summed E-state index contributed by atoms with van der Waals surface area (Å²) in [5.41, 5.74) is -0.466. The maximum absolute atomic E-state index is 12.9. The molecule has 0 bridgehead atoms. The number of amides is 1. The van der Waals surface area contributed by atoms with Gasteiger partial charge in [-0.05, 0) is 11.6 Å². The van der Waals surface area contributed by atoms with Crippen molar-refractivity contribution in [3.63, 3.8) is 0 Å². The lowest BCUT2D eigenvalue weighted by molar-refractivity contribution is -0.152. The van der Waals surface area contributed by atoms with Crippen LogP contribution in [0.1, 0.15) is 18.4 Å². The molecule has 0 radical (unpaired) electrons. The Balaban J connectivity index is 1.64. The van der Waals surface area contributed by atoms with Crippen LogP contribution in [0.4, 0.5) is 4.79 Å². The summed E-state index contributed by atoms with van der Waals surface area (Å²) in [5.74, 6) is -2.14. The van der Waals surface area contributed by atoms with Gasteiger partial charge in [0.15, 0.2) is 5.78 Å². The first-order valence-corrected chi connectivity index (χ1v) is 8.97. The summed E-state index contributed by atoms with van der Waals surface area (Å²) in [6.07, 6.45) is 2.04. The van der Waals surface area contributed by atoms with Gasteiger partial charge in [-0.2, -0.15) is 0 Å². The van der Waals surface area contributed by atoms with Crippen LogP contribution in [0.5, 0.6) is 0 Å². The standard InChI is InChI=1S/C20H19NO7/c1-26-18(24)14-10-20-13(9-17(23)28-20)15(22)7-8-16(20)21(14)19(25)27-11-12-5-3-2-4-6-12/h2-8,13-14,16H,9-11H2,1H3/t13-,14+,16-,20-/m1/s1. The van der Waals surface area contributed by atoms with Crippen LogP contribution in [-0.2, 0) is 35.2 Å². The van der Waals surface area contributed by atoms with E-state index >= 15 is 0 Å². The van der Waals surface area contributed by atoms with E-state index in [0.29, 0.717) is 0 Å². The summed E-state index contributed by atoms with van der Waals surface area (Å²) in [7, 11) is 1.22. The number of esters is 2. The average Bonchev–Trinajstić information content (AvgIpc) is 3.22. The third kappa shape index (κ3) is 2.76. The summed E-state index contributed by atoms with van der Waals surface area (Å²) in [6, 6.07) is 7.33. The van der Waals surface area contributed by atoms with E-state index in [0.717, 1.165) is 5.56 Å². The van der Waals surface area contributed by atoms with Crippen LogP contribution in [0.15, 0.2) is 42.5 Å². The highest BCUT2D eigenvalue weighted by molar-refractivity contribution is 5.99. The number of ketones is 1. The number of hydrogen-bond acceptors (Lipinski definition) is 7. The number of rotatable bonds is 3. The Morgan fingerprint density at radius 2 is 2.00 bits per heavy atom. The zero-order chi connectivity index (χ0) is 19.9. The molecule has 0 saturated carbocycles. The van der Waals surface area contributed by atoms with Crippen molar-refractivity contribution >= 4 is 23.8 Å². The highest BCUT2D eigenvalue weighted by atomic mass is 16.6. The molecule has 1 aromatic carbocycles. The van der Waals surface area contributed by atoms with E-state index in [4.69, 9.17) is 14.2 Å². The van der Waals surface area contributed by atoms with Gasteiger partial charge in [0.1, 0.15) is 18.2 Å². The van der Waals surface area contributed by atoms with E-state index in [1.54, 1.807) is 0 Å². The van der Waals surface area contributed by atoms with Crippen molar-refractivity contribution in [2.24, 2.45) is 5.92 Å². The lowest BCUT2D eigenvalue weighted by atomic mass is 9.74. The number of allylic oxidation sites excluding steroid dienone is 1. The van der Waals surface area contributed by atoms with E-state index < -0.39 is 41.6 Å². The molecule has 8 nitrogen and oxygen atoms in total. The molecule has 2 aliphatic heterocycles. The minimum absolute atomic E-state index is 0.00271. The number of methoxy groups -OCH3 is 1. The normalized spacial score (nSPS) is 30.5. The molecule has 146 valence electrons. The van der Waals surface area contributed by atoms with Gasteiger partial charge in [-0.25, -0.2) is 9.59 Å². The second-order valence-corrected chi connectivity index (χ2v) is 7.08. The average molecular weight is 385 g/mol. The first kappa shape index (κ1) is 18.2. The second kappa shape index (κ2) is 6.78. The zero-order valence-electron chi connectivity index (χ0n) is 15.2. The minimum atomic E-state index is -1.26. The van der Waals surface area contributed by atoms with E-state index in [1.807, 2.05) is 30.3 Å². The summed E-state index contributed by atoms with van der Waals surface area (Å²) < 4.78 is 15.8. The van der Waals surface area contributed by atoms with Gasteiger partial charge in [-0.1, -0.05) is 36.4 Å². The maximum Gasteiger partial charge on any atom is 0.411 e. The van der Waals surface area contributed by atoms with Crippen molar-refractivity contribution < 1.29 is 33.4 Å². The second-order valence-electron chi connectivity index (χ2n) is 7.08. The summed E-state index contributed by atoms with van der Waals surface area (Å²) >= 11 is 0. The molecule has 28 heavy (non-hydrogen) atoms. The molecule has 1 aliphatic carbocycles. The predicted octanol–water partition coefficient (Wildman–Crippen LogP) is 1.38. The molecule has 3 aliphatic rings. The fourth-order valence-corrected chi connectivity index (χ4v) is 4.33. The van der Waals surface area contributed by atoms with Gasteiger partial charge >= 0.3 is 18.0 Å². The summed E-state index contributed by atoms with van der Waals surface area (Å²) in [5, 5.41) is 0. The van der Waals surface area contributed by atoms with Crippen molar-refractivity contribution in [1.82, 2.24) is 4.90 Å². The van der Waals surface area contributed by atoms with Gasteiger partial charge in [0.2, 0.25) is 0 Å².